The van der Waals surface area contributed by atoms with Crippen LogP contribution in [-0.2, 0) is 16.0 Å². The molecule has 1 aliphatic heterocycles. The molecule has 29 heavy (non-hydrogen) atoms. The molecule has 0 bridgehead atoms. The molecule has 7 nitrogen and oxygen atoms in total. The van der Waals surface area contributed by atoms with Gasteiger partial charge in [0.15, 0.2) is 11.7 Å². The van der Waals surface area contributed by atoms with E-state index in [2.05, 4.69) is 27.7 Å². The molecule has 0 aliphatic carbocycles. The lowest BCUT2D eigenvalue weighted by molar-refractivity contribution is 0.0203. The number of nitrogens with one attached hydrogen (secondary N) is 2. The van der Waals surface area contributed by atoms with Crippen LogP contribution in [0, 0.1) is 5.92 Å². The summed E-state index contributed by atoms with van der Waals surface area (Å²) >= 11 is 0. The molecule has 158 valence electrons. The molecular formula is C22H32N4O3. The summed E-state index contributed by atoms with van der Waals surface area (Å²) in [6.07, 6.45) is 3.17. The molecule has 1 fully saturated rings. The van der Waals surface area contributed by atoms with Crippen LogP contribution in [0.5, 0.6) is 0 Å². The van der Waals surface area contributed by atoms with Gasteiger partial charge in [0, 0.05) is 51.1 Å². The van der Waals surface area contributed by atoms with Crippen LogP contribution in [0.2, 0.25) is 0 Å². The summed E-state index contributed by atoms with van der Waals surface area (Å²) in [5.74, 6) is 2.19. The maximum atomic E-state index is 5.81. The van der Waals surface area contributed by atoms with Crippen molar-refractivity contribution in [1.29, 1.82) is 0 Å². The van der Waals surface area contributed by atoms with E-state index in [4.69, 9.17) is 14.0 Å². The monoisotopic (exact) mass is 400 g/mol. The summed E-state index contributed by atoms with van der Waals surface area (Å²) in [6.45, 7) is 7.48. The predicted molar refractivity (Wildman–Crippen MR) is 114 cm³/mol. The summed E-state index contributed by atoms with van der Waals surface area (Å²) in [7, 11) is 0. The fourth-order valence-electron chi connectivity index (χ4n) is 3.17. The molecule has 2 N–H and O–H groups in total. The Morgan fingerprint density at radius 1 is 1.21 bits per heavy atom. The van der Waals surface area contributed by atoms with E-state index < -0.39 is 0 Å². The van der Waals surface area contributed by atoms with E-state index in [-0.39, 0.29) is 0 Å². The Hall–Kier alpha value is -2.38. The summed E-state index contributed by atoms with van der Waals surface area (Å²) in [4.78, 5) is 4.60. The number of hydrogen-bond donors (Lipinski definition) is 2. The van der Waals surface area contributed by atoms with Crippen molar-refractivity contribution >= 4 is 5.96 Å². The number of aromatic nitrogens is 1. The van der Waals surface area contributed by atoms with E-state index in [1.165, 1.54) is 0 Å². The van der Waals surface area contributed by atoms with Crippen molar-refractivity contribution < 1.29 is 14.0 Å². The van der Waals surface area contributed by atoms with Crippen LogP contribution in [-0.4, -0.2) is 50.6 Å². The second-order valence-corrected chi connectivity index (χ2v) is 7.15. The summed E-state index contributed by atoms with van der Waals surface area (Å²) in [5, 5.41) is 10.7. The fraction of sp³-hybridized carbons (Fsp3) is 0.545. The van der Waals surface area contributed by atoms with Crippen molar-refractivity contribution in [2.45, 2.75) is 32.7 Å². The molecule has 1 aromatic heterocycles. The van der Waals surface area contributed by atoms with Crippen LogP contribution < -0.4 is 10.6 Å². The number of nitrogens with zero attached hydrogens (tertiary/aromatic N) is 2. The molecule has 7 heteroatoms. The molecule has 0 spiro atoms. The molecule has 0 saturated carbocycles. The van der Waals surface area contributed by atoms with Gasteiger partial charge in [0.1, 0.15) is 5.69 Å². The van der Waals surface area contributed by atoms with E-state index >= 15 is 0 Å². The molecule has 2 aromatic rings. The van der Waals surface area contributed by atoms with E-state index in [1.807, 2.05) is 36.4 Å². The zero-order chi connectivity index (χ0) is 20.2. The molecule has 1 aliphatic rings. The van der Waals surface area contributed by atoms with Gasteiger partial charge in [0.2, 0.25) is 0 Å². The summed E-state index contributed by atoms with van der Waals surface area (Å²) < 4.78 is 16.6. The number of ether oxygens (including phenoxy) is 2. The second kappa shape index (κ2) is 12.2. The third-order valence-electron chi connectivity index (χ3n) is 4.81. The van der Waals surface area contributed by atoms with Crippen molar-refractivity contribution in [2.24, 2.45) is 10.9 Å². The quantitative estimate of drug-likeness (QED) is 0.362. The topological polar surface area (TPSA) is 80.9 Å². The zero-order valence-corrected chi connectivity index (χ0v) is 17.2. The molecule has 0 radical (unpaired) electrons. The van der Waals surface area contributed by atoms with Crippen molar-refractivity contribution in [3.63, 3.8) is 0 Å². The maximum absolute atomic E-state index is 5.81. The maximum Gasteiger partial charge on any atom is 0.191 e. The average Bonchev–Trinajstić information content (AvgIpc) is 3.25. The van der Waals surface area contributed by atoms with Gasteiger partial charge in [-0.15, -0.1) is 0 Å². The molecule has 2 heterocycles. The normalized spacial score (nSPS) is 15.4. The van der Waals surface area contributed by atoms with Crippen LogP contribution in [0.1, 0.15) is 31.9 Å². The first-order valence-electron chi connectivity index (χ1n) is 10.5. The minimum Gasteiger partial charge on any atom is -0.381 e. The SMILES string of the molecule is CCNC(=NCc1cc(-c2ccccc2)on1)NCCCOCC1CCOCC1. The molecule has 1 aromatic carbocycles. The predicted octanol–water partition coefficient (Wildman–Crippen LogP) is 3.23. The third-order valence-corrected chi connectivity index (χ3v) is 4.81. The third kappa shape index (κ3) is 7.51. The summed E-state index contributed by atoms with van der Waals surface area (Å²) in [5.41, 5.74) is 1.82. The van der Waals surface area contributed by atoms with Crippen LogP contribution in [0.15, 0.2) is 45.9 Å². The van der Waals surface area contributed by atoms with Crippen LogP contribution in [0.25, 0.3) is 11.3 Å². The number of aliphatic imine (C=N–C) groups is 1. The van der Waals surface area contributed by atoms with Crippen molar-refractivity contribution in [1.82, 2.24) is 15.8 Å². The Labute approximate surface area is 172 Å². The van der Waals surface area contributed by atoms with Crippen molar-refractivity contribution in [2.75, 3.05) is 39.5 Å². The Morgan fingerprint density at radius 2 is 2.03 bits per heavy atom. The minimum absolute atomic E-state index is 0.464. The van der Waals surface area contributed by atoms with Gasteiger partial charge >= 0.3 is 0 Å². The molecule has 0 amide bonds. The Bertz CT molecular complexity index is 727. The smallest absolute Gasteiger partial charge is 0.191 e. The minimum atomic E-state index is 0.464. The zero-order valence-electron chi connectivity index (χ0n) is 17.2. The highest BCUT2D eigenvalue weighted by atomic mass is 16.5. The molecular weight excluding hydrogens is 368 g/mol. The molecule has 0 unspecified atom stereocenters. The van der Waals surface area contributed by atoms with Gasteiger partial charge in [-0.2, -0.15) is 0 Å². The lowest BCUT2D eigenvalue weighted by atomic mass is 10.0. The van der Waals surface area contributed by atoms with Crippen LogP contribution >= 0.6 is 0 Å². The lowest BCUT2D eigenvalue weighted by Crippen LogP contribution is -2.38. The lowest BCUT2D eigenvalue weighted by Gasteiger charge is -2.21. The molecule has 3 rings (SSSR count). The standard InChI is InChI=1S/C22H32N4O3/c1-2-23-22(24-11-6-12-28-17-18-9-13-27-14-10-18)25-16-20-15-21(29-26-20)19-7-4-3-5-8-19/h3-5,7-8,15,18H,2,6,9-14,16-17H2,1H3,(H2,23,24,25). The number of rotatable bonds is 10. The number of hydrogen-bond acceptors (Lipinski definition) is 5. The van der Waals surface area contributed by atoms with Crippen molar-refractivity contribution in [3.8, 4) is 11.3 Å². The first-order valence-corrected chi connectivity index (χ1v) is 10.5. The highest BCUT2D eigenvalue weighted by molar-refractivity contribution is 5.79. The number of benzene rings is 1. The fourth-order valence-corrected chi connectivity index (χ4v) is 3.17. The van der Waals surface area contributed by atoms with E-state index in [0.717, 1.165) is 81.8 Å². The van der Waals surface area contributed by atoms with E-state index in [0.29, 0.717) is 12.5 Å². The van der Waals surface area contributed by atoms with Gasteiger partial charge in [-0.05, 0) is 32.1 Å². The second-order valence-electron chi connectivity index (χ2n) is 7.15. The van der Waals surface area contributed by atoms with Gasteiger partial charge in [0.05, 0.1) is 6.54 Å². The Kier molecular flexibility index (Phi) is 9.00. The van der Waals surface area contributed by atoms with E-state index in [9.17, 15) is 0 Å². The Balaban J connectivity index is 1.37. The van der Waals surface area contributed by atoms with Gasteiger partial charge in [-0.3, -0.25) is 0 Å². The average molecular weight is 401 g/mol. The van der Waals surface area contributed by atoms with Crippen LogP contribution in [0.4, 0.5) is 0 Å². The highest BCUT2D eigenvalue weighted by Crippen LogP contribution is 2.20. The van der Waals surface area contributed by atoms with E-state index in [1.54, 1.807) is 0 Å². The highest BCUT2D eigenvalue weighted by Gasteiger charge is 2.13. The number of guanidine groups is 1. The molecule has 1 saturated heterocycles. The van der Waals surface area contributed by atoms with Crippen molar-refractivity contribution in [3.05, 3.63) is 42.1 Å². The van der Waals surface area contributed by atoms with Gasteiger partial charge in [0.25, 0.3) is 0 Å². The molecule has 0 atom stereocenters. The van der Waals surface area contributed by atoms with Gasteiger partial charge in [-0.25, -0.2) is 4.99 Å². The Morgan fingerprint density at radius 3 is 2.83 bits per heavy atom. The largest absolute Gasteiger partial charge is 0.381 e. The summed E-state index contributed by atoms with van der Waals surface area (Å²) in [6, 6.07) is 11.9. The van der Waals surface area contributed by atoms with Crippen LogP contribution in [0.3, 0.4) is 0 Å². The first-order chi connectivity index (χ1) is 14.3. The van der Waals surface area contributed by atoms with Gasteiger partial charge < -0.3 is 24.6 Å². The first kappa shape index (κ1) is 21.3. The van der Waals surface area contributed by atoms with Gasteiger partial charge in [-0.1, -0.05) is 35.5 Å².